The van der Waals surface area contributed by atoms with E-state index in [2.05, 4.69) is 10.6 Å². The molecule has 136 valence electrons. The normalized spacial score (nSPS) is 14.9. The molecule has 4 heteroatoms. The second kappa shape index (κ2) is 6.54. The van der Waals surface area contributed by atoms with Crippen LogP contribution in [0.4, 0.5) is 10.1 Å². The molecule has 0 aliphatic carbocycles. The van der Waals surface area contributed by atoms with Crippen molar-refractivity contribution in [2.75, 3.05) is 11.4 Å². The maximum atomic E-state index is 13.3. The molecular weight excluding hydrogens is 339 g/mol. The van der Waals surface area contributed by atoms with Gasteiger partial charge in [0.1, 0.15) is 5.82 Å². The summed E-state index contributed by atoms with van der Waals surface area (Å²) < 4.78 is 15.4. The van der Waals surface area contributed by atoms with E-state index >= 15 is 0 Å². The number of carbonyl (C=O) groups excluding carboxylic acids is 1. The fourth-order valence-electron chi connectivity index (χ4n) is 3.84. The molecule has 0 radical (unpaired) electrons. The zero-order chi connectivity index (χ0) is 19.1. The second-order valence-corrected chi connectivity index (χ2v) is 6.76. The number of anilines is 1. The van der Waals surface area contributed by atoms with Crippen molar-refractivity contribution in [2.45, 2.75) is 20.8 Å². The summed E-state index contributed by atoms with van der Waals surface area (Å²) in [5, 5.41) is 0. The summed E-state index contributed by atoms with van der Waals surface area (Å²) in [7, 11) is 0. The smallest absolute Gasteiger partial charge is 0.258 e. The molecular formula is C23H21FN2O. The third-order valence-corrected chi connectivity index (χ3v) is 5.13. The number of amides is 1. The number of rotatable bonds is 3. The van der Waals surface area contributed by atoms with Gasteiger partial charge in [-0.2, -0.15) is 0 Å². The quantitative estimate of drug-likeness (QED) is 0.594. The van der Waals surface area contributed by atoms with Gasteiger partial charge in [0, 0.05) is 34.8 Å². The number of fused-ring (bicyclic) bond motifs is 1. The third kappa shape index (κ3) is 2.78. The van der Waals surface area contributed by atoms with Gasteiger partial charge in [0.05, 0.1) is 5.69 Å². The van der Waals surface area contributed by atoms with E-state index in [-0.39, 0.29) is 11.7 Å². The molecule has 3 aromatic rings. The van der Waals surface area contributed by atoms with Crippen LogP contribution in [-0.4, -0.2) is 17.0 Å². The summed E-state index contributed by atoms with van der Waals surface area (Å²) in [6.45, 7) is 6.66. The molecule has 0 unspecified atom stereocenters. The van der Waals surface area contributed by atoms with Crippen LogP contribution in [0.15, 0.2) is 54.6 Å². The molecule has 2 aromatic carbocycles. The van der Waals surface area contributed by atoms with Crippen LogP contribution in [0, 0.1) is 19.7 Å². The zero-order valence-electron chi connectivity index (χ0n) is 15.7. The lowest BCUT2D eigenvalue weighted by atomic mass is 10.0. The van der Waals surface area contributed by atoms with Gasteiger partial charge in [-0.1, -0.05) is 18.2 Å². The number of hydrogen-bond acceptors (Lipinski definition) is 1. The predicted molar refractivity (Wildman–Crippen MR) is 108 cm³/mol. The number of hydrogen-bond donors (Lipinski definition) is 0. The lowest BCUT2D eigenvalue weighted by Crippen LogP contribution is -2.25. The number of aryl methyl sites for hydroxylation is 1. The van der Waals surface area contributed by atoms with E-state index in [9.17, 15) is 9.18 Å². The van der Waals surface area contributed by atoms with Gasteiger partial charge in [-0.25, -0.2) is 4.39 Å². The van der Waals surface area contributed by atoms with E-state index in [4.69, 9.17) is 0 Å². The van der Waals surface area contributed by atoms with Crippen molar-refractivity contribution in [3.05, 3.63) is 82.9 Å². The van der Waals surface area contributed by atoms with Gasteiger partial charge in [-0.05, 0) is 68.8 Å². The molecule has 27 heavy (non-hydrogen) atoms. The lowest BCUT2D eigenvalue weighted by Gasteiger charge is -2.13. The second-order valence-electron chi connectivity index (χ2n) is 6.76. The van der Waals surface area contributed by atoms with E-state index in [1.165, 1.54) is 12.1 Å². The fourth-order valence-corrected chi connectivity index (χ4v) is 3.84. The molecule has 1 aliphatic heterocycles. The highest BCUT2D eigenvalue weighted by molar-refractivity contribution is 6.35. The summed E-state index contributed by atoms with van der Waals surface area (Å²) in [6, 6.07) is 16.4. The van der Waals surface area contributed by atoms with E-state index in [0.717, 1.165) is 33.9 Å². The maximum Gasteiger partial charge on any atom is 0.258 e. The van der Waals surface area contributed by atoms with E-state index in [1.807, 2.05) is 51.1 Å². The predicted octanol–water partition coefficient (Wildman–Crippen LogP) is 5.14. The van der Waals surface area contributed by atoms with Crippen molar-refractivity contribution < 1.29 is 9.18 Å². The number of benzene rings is 2. The molecule has 0 bridgehead atoms. The Bertz CT molecular complexity index is 1060. The molecule has 1 aliphatic rings. The first-order valence-corrected chi connectivity index (χ1v) is 9.09. The minimum atomic E-state index is -0.253. The van der Waals surface area contributed by atoms with E-state index in [1.54, 1.807) is 17.0 Å². The standard InChI is InChI=1S/C23H21FN2O/c1-4-25-22-8-6-5-7-20(22)21(23(25)27)14-17-13-15(2)26(16(17)3)19-11-9-18(24)10-12-19/h5-14H,4H2,1-3H3/b21-14+. The first kappa shape index (κ1) is 17.3. The van der Waals surface area contributed by atoms with Crippen molar-refractivity contribution in [3.63, 3.8) is 0 Å². The Labute approximate surface area is 158 Å². The topological polar surface area (TPSA) is 25.2 Å². The Balaban J connectivity index is 1.83. The van der Waals surface area contributed by atoms with Crippen molar-refractivity contribution in [1.29, 1.82) is 0 Å². The van der Waals surface area contributed by atoms with Gasteiger partial charge >= 0.3 is 0 Å². The van der Waals surface area contributed by atoms with E-state index in [0.29, 0.717) is 12.1 Å². The molecule has 1 amide bonds. The molecule has 0 atom stereocenters. The number of likely N-dealkylation sites (N-methyl/N-ethyl adjacent to an activating group) is 1. The molecule has 2 heterocycles. The molecule has 0 N–H and O–H groups in total. The Hall–Kier alpha value is -3.14. The number of nitrogens with zero attached hydrogens (tertiary/aromatic N) is 2. The van der Waals surface area contributed by atoms with Crippen molar-refractivity contribution >= 4 is 23.2 Å². The fraction of sp³-hybridized carbons (Fsp3) is 0.174. The van der Waals surface area contributed by atoms with Gasteiger partial charge in [0.15, 0.2) is 0 Å². The summed E-state index contributed by atoms with van der Waals surface area (Å²) in [5.74, 6) is -0.221. The molecule has 4 rings (SSSR count). The molecule has 0 saturated carbocycles. The van der Waals surface area contributed by atoms with Crippen LogP contribution in [-0.2, 0) is 4.79 Å². The van der Waals surface area contributed by atoms with Crippen molar-refractivity contribution in [1.82, 2.24) is 4.57 Å². The van der Waals surface area contributed by atoms with Crippen molar-refractivity contribution in [3.8, 4) is 5.69 Å². The Morgan fingerprint density at radius 3 is 2.44 bits per heavy atom. The summed E-state index contributed by atoms with van der Waals surface area (Å²) in [5.41, 5.74) is 6.60. The summed E-state index contributed by atoms with van der Waals surface area (Å²) >= 11 is 0. The number of aromatic nitrogens is 1. The summed E-state index contributed by atoms with van der Waals surface area (Å²) in [4.78, 5) is 14.7. The van der Waals surface area contributed by atoms with Crippen LogP contribution < -0.4 is 4.90 Å². The van der Waals surface area contributed by atoms with E-state index < -0.39 is 0 Å². The SMILES string of the molecule is CCN1C(=O)/C(=C/c2cc(C)n(-c3ccc(F)cc3)c2C)c2ccccc21. The Morgan fingerprint density at radius 2 is 1.74 bits per heavy atom. The number of halogens is 1. The third-order valence-electron chi connectivity index (χ3n) is 5.13. The monoisotopic (exact) mass is 360 g/mol. The van der Waals surface area contributed by atoms with Crippen LogP contribution in [0.25, 0.3) is 17.3 Å². The molecule has 1 aromatic heterocycles. The Kier molecular flexibility index (Phi) is 4.19. The average molecular weight is 360 g/mol. The molecule has 3 nitrogen and oxygen atoms in total. The highest BCUT2D eigenvalue weighted by Gasteiger charge is 2.31. The average Bonchev–Trinajstić information content (AvgIpc) is 3.10. The van der Waals surface area contributed by atoms with Gasteiger partial charge in [-0.15, -0.1) is 0 Å². The van der Waals surface area contributed by atoms with Gasteiger partial charge in [0.25, 0.3) is 5.91 Å². The highest BCUT2D eigenvalue weighted by Crippen LogP contribution is 2.38. The summed E-state index contributed by atoms with van der Waals surface area (Å²) in [6.07, 6.45) is 1.97. The first-order chi connectivity index (χ1) is 13.0. The largest absolute Gasteiger partial charge is 0.318 e. The molecule has 0 spiro atoms. The molecule has 0 fully saturated rings. The number of carbonyl (C=O) groups is 1. The van der Waals surface area contributed by atoms with Crippen molar-refractivity contribution in [2.24, 2.45) is 0 Å². The minimum Gasteiger partial charge on any atom is -0.318 e. The van der Waals surface area contributed by atoms with Gasteiger partial charge < -0.3 is 9.47 Å². The maximum absolute atomic E-state index is 13.3. The van der Waals surface area contributed by atoms with Gasteiger partial charge in [0.2, 0.25) is 0 Å². The van der Waals surface area contributed by atoms with Gasteiger partial charge in [-0.3, -0.25) is 4.79 Å². The van der Waals surface area contributed by atoms with Crippen LogP contribution in [0.5, 0.6) is 0 Å². The van der Waals surface area contributed by atoms with Crippen LogP contribution in [0.1, 0.15) is 29.4 Å². The zero-order valence-corrected chi connectivity index (χ0v) is 15.7. The Morgan fingerprint density at radius 1 is 1.04 bits per heavy atom. The van der Waals surface area contributed by atoms with Crippen LogP contribution in [0.2, 0.25) is 0 Å². The van der Waals surface area contributed by atoms with Crippen LogP contribution in [0.3, 0.4) is 0 Å². The number of para-hydroxylation sites is 1. The highest BCUT2D eigenvalue weighted by atomic mass is 19.1. The molecule has 0 saturated heterocycles. The lowest BCUT2D eigenvalue weighted by molar-refractivity contribution is -0.112. The van der Waals surface area contributed by atoms with Crippen LogP contribution >= 0.6 is 0 Å². The minimum absolute atomic E-state index is 0.0327. The first-order valence-electron chi connectivity index (χ1n) is 9.09.